The van der Waals surface area contributed by atoms with Gasteiger partial charge in [0.25, 0.3) is 0 Å². The van der Waals surface area contributed by atoms with Gasteiger partial charge >= 0.3 is 0 Å². The van der Waals surface area contributed by atoms with Gasteiger partial charge in [0.1, 0.15) is 0 Å². The van der Waals surface area contributed by atoms with Gasteiger partial charge in [-0.3, -0.25) is 0 Å². The summed E-state index contributed by atoms with van der Waals surface area (Å²) in [5.41, 5.74) is 6.58. The van der Waals surface area contributed by atoms with Crippen LogP contribution in [0.3, 0.4) is 0 Å². The van der Waals surface area contributed by atoms with Gasteiger partial charge in [-0.2, -0.15) is 0 Å². The zero-order valence-electron chi connectivity index (χ0n) is 12.5. The van der Waals surface area contributed by atoms with Crippen molar-refractivity contribution in [2.24, 2.45) is 23.0 Å². The van der Waals surface area contributed by atoms with E-state index in [1.54, 1.807) is 0 Å². The van der Waals surface area contributed by atoms with Gasteiger partial charge in [0.2, 0.25) is 0 Å². The van der Waals surface area contributed by atoms with Crippen LogP contribution in [0.25, 0.3) is 0 Å². The zero-order valence-corrected chi connectivity index (χ0v) is 12.5. The van der Waals surface area contributed by atoms with Crippen LogP contribution in [-0.2, 0) is 0 Å². The van der Waals surface area contributed by atoms with Crippen LogP contribution >= 0.6 is 0 Å². The first-order chi connectivity index (χ1) is 8.63. The molecule has 2 aliphatic rings. The number of nitrogens with zero attached hydrogens (tertiary/aromatic N) is 1. The van der Waals surface area contributed by atoms with Crippen LogP contribution in [0, 0.1) is 17.3 Å². The first-order valence-corrected chi connectivity index (χ1v) is 8.06. The Morgan fingerprint density at radius 1 is 1.06 bits per heavy atom. The van der Waals surface area contributed by atoms with Crippen LogP contribution in [0.4, 0.5) is 0 Å². The topological polar surface area (TPSA) is 29.3 Å². The molecule has 0 aromatic rings. The summed E-state index contributed by atoms with van der Waals surface area (Å²) in [5, 5.41) is 0. The molecule has 2 nitrogen and oxygen atoms in total. The number of rotatable bonds is 4. The second kappa shape index (κ2) is 6.38. The SMILES string of the molecule is CC1CC(C)CN(CCC2(CN)CCCCC2)C1. The number of piperidine rings is 1. The highest BCUT2D eigenvalue weighted by Crippen LogP contribution is 2.38. The lowest BCUT2D eigenvalue weighted by Gasteiger charge is -2.40. The van der Waals surface area contributed by atoms with Crippen molar-refractivity contribution in [3.05, 3.63) is 0 Å². The van der Waals surface area contributed by atoms with Crippen LogP contribution < -0.4 is 5.73 Å². The van der Waals surface area contributed by atoms with Crippen molar-refractivity contribution in [1.82, 2.24) is 4.90 Å². The standard InChI is InChI=1S/C16H32N2/c1-14-10-15(2)12-18(11-14)9-8-16(13-17)6-4-3-5-7-16/h14-15H,3-13,17H2,1-2H3. The van der Waals surface area contributed by atoms with Gasteiger partial charge in [0.15, 0.2) is 0 Å². The second-order valence-electron chi connectivity index (χ2n) is 7.22. The van der Waals surface area contributed by atoms with Crippen LogP contribution in [0.1, 0.15) is 58.8 Å². The van der Waals surface area contributed by atoms with E-state index in [0.29, 0.717) is 5.41 Å². The zero-order chi connectivity index (χ0) is 13.0. The van der Waals surface area contributed by atoms with Gasteiger partial charge in [-0.15, -0.1) is 0 Å². The van der Waals surface area contributed by atoms with E-state index < -0.39 is 0 Å². The largest absolute Gasteiger partial charge is 0.330 e. The van der Waals surface area contributed by atoms with Gasteiger partial charge in [-0.25, -0.2) is 0 Å². The maximum atomic E-state index is 6.09. The first-order valence-electron chi connectivity index (χ1n) is 8.06. The van der Waals surface area contributed by atoms with E-state index in [1.807, 2.05) is 0 Å². The second-order valence-corrected chi connectivity index (χ2v) is 7.22. The Kier molecular flexibility index (Phi) is 5.08. The number of nitrogens with two attached hydrogens (primary N) is 1. The molecule has 1 saturated carbocycles. The molecule has 1 saturated heterocycles. The quantitative estimate of drug-likeness (QED) is 0.832. The van der Waals surface area contributed by atoms with Crippen molar-refractivity contribution >= 4 is 0 Å². The first kappa shape index (κ1) is 14.3. The molecule has 2 rings (SSSR count). The Balaban J connectivity index is 1.82. The van der Waals surface area contributed by atoms with Gasteiger partial charge < -0.3 is 10.6 Å². The molecule has 2 unspecified atom stereocenters. The van der Waals surface area contributed by atoms with Gasteiger partial charge in [0.05, 0.1) is 0 Å². The number of hydrogen-bond donors (Lipinski definition) is 1. The Bertz CT molecular complexity index is 235. The third kappa shape index (κ3) is 3.71. The summed E-state index contributed by atoms with van der Waals surface area (Å²) in [6, 6.07) is 0. The number of likely N-dealkylation sites (tertiary alicyclic amines) is 1. The molecule has 0 radical (unpaired) electrons. The highest BCUT2D eigenvalue weighted by Gasteiger charge is 2.31. The minimum absolute atomic E-state index is 0.488. The third-order valence-corrected chi connectivity index (χ3v) is 5.25. The van der Waals surface area contributed by atoms with Crippen LogP contribution in [0.2, 0.25) is 0 Å². The molecule has 0 aromatic heterocycles. The predicted octanol–water partition coefficient (Wildman–Crippen LogP) is 3.26. The third-order valence-electron chi connectivity index (χ3n) is 5.25. The van der Waals surface area contributed by atoms with E-state index in [4.69, 9.17) is 5.73 Å². The smallest absolute Gasteiger partial charge is 0.000724 e. The molecule has 2 fully saturated rings. The highest BCUT2D eigenvalue weighted by molar-refractivity contribution is 4.85. The van der Waals surface area contributed by atoms with E-state index >= 15 is 0 Å². The molecule has 1 heterocycles. The maximum Gasteiger partial charge on any atom is 0.000724 e. The van der Waals surface area contributed by atoms with Gasteiger partial charge in [-0.1, -0.05) is 33.1 Å². The average Bonchev–Trinajstić information content (AvgIpc) is 2.36. The lowest BCUT2D eigenvalue weighted by molar-refractivity contribution is 0.101. The van der Waals surface area contributed by atoms with Crippen molar-refractivity contribution in [1.29, 1.82) is 0 Å². The molecule has 1 aliphatic carbocycles. The minimum atomic E-state index is 0.488. The minimum Gasteiger partial charge on any atom is -0.330 e. The van der Waals surface area contributed by atoms with Crippen LogP contribution in [-0.4, -0.2) is 31.1 Å². The Morgan fingerprint density at radius 2 is 1.67 bits per heavy atom. The molecule has 2 atom stereocenters. The van der Waals surface area contributed by atoms with E-state index in [0.717, 1.165) is 18.4 Å². The van der Waals surface area contributed by atoms with E-state index in [2.05, 4.69) is 18.7 Å². The van der Waals surface area contributed by atoms with E-state index in [-0.39, 0.29) is 0 Å². The van der Waals surface area contributed by atoms with Crippen molar-refractivity contribution in [3.63, 3.8) is 0 Å². The Morgan fingerprint density at radius 3 is 2.22 bits per heavy atom. The molecular weight excluding hydrogens is 220 g/mol. The molecule has 2 N–H and O–H groups in total. The summed E-state index contributed by atoms with van der Waals surface area (Å²) in [7, 11) is 0. The highest BCUT2D eigenvalue weighted by atomic mass is 15.1. The molecule has 1 aliphatic heterocycles. The molecule has 0 spiro atoms. The molecule has 0 amide bonds. The van der Waals surface area contributed by atoms with Crippen molar-refractivity contribution in [3.8, 4) is 0 Å². The number of hydrogen-bond acceptors (Lipinski definition) is 2. The van der Waals surface area contributed by atoms with E-state index in [9.17, 15) is 0 Å². The molecular formula is C16H32N2. The normalized spacial score (nSPS) is 33.5. The fraction of sp³-hybridized carbons (Fsp3) is 1.00. The summed E-state index contributed by atoms with van der Waals surface area (Å²) >= 11 is 0. The Labute approximate surface area is 113 Å². The average molecular weight is 252 g/mol. The lowest BCUT2D eigenvalue weighted by Crippen LogP contribution is -2.42. The fourth-order valence-electron chi connectivity index (χ4n) is 4.23. The molecule has 2 heteroatoms. The monoisotopic (exact) mass is 252 g/mol. The molecule has 106 valence electrons. The van der Waals surface area contributed by atoms with Crippen molar-refractivity contribution in [2.45, 2.75) is 58.8 Å². The summed E-state index contributed by atoms with van der Waals surface area (Å²) < 4.78 is 0. The molecule has 18 heavy (non-hydrogen) atoms. The Hall–Kier alpha value is -0.0800. The summed E-state index contributed by atoms with van der Waals surface area (Å²) in [6.45, 7) is 9.62. The molecule has 0 aromatic carbocycles. The van der Waals surface area contributed by atoms with Crippen molar-refractivity contribution < 1.29 is 0 Å². The fourth-order valence-corrected chi connectivity index (χ4v) is 4.23. The summed E-state index contributed by atoms with van der Waals surface area (Å²) in [4.78, 5) is 2.70. The van der Waals surface area contributed by atoms with Gasteiger partial charge in [-0.05, 0) is 56.0 Å². The summed E-state index contributed by atoms with van der Waals surface area (Å²) in [5.74, 6) is 1.77. The van der Waals surface area contributed by atoms with Crippen LogP contribution in [0.5, 0.6) is 0 Å². The molecule has 0 bridgehead atoms. The van der Waals surface area contributed by atoms with E-state index in [1.165, 1.54) is 64.6 Å². The maximum absolute atomic E-state index is 6.09. The van der Waals surface area contributed by atoms with Crippen molar-refractivity contribution in [2.75, 3.05) is 26.2 Å². The lowest BCUT2D eigenvalue weighted by atomic mass is 9.71. The van der Waals surface area contributed by atoms with Crippen LogP contribution in [0.15, 0.2) is 0 Å². The van der Waals surface area contributed by atoms with Gasteiger partial charge in [0, 0.05) is 13.1 Å². The predicted molar refractivity (Wildman–Crippen MR) is 78.6 cm³/mol. The summed E-state index contributed by atoms with van der Waals surface area (Å²) in [6.07, 6.45) is 9.75.